The maximum absolute atomic E-state index is 13.7. The zero-order valence-electron chi connectivity index (χ0n) is 33.8. The van der Waals surface area contributed by atoms with Gasteiger partial charge in [0, 0.05) is 60.5 Å². The number of halogens is 1. The van der Waals surface area contributed by atoms with E-state index < -0.39 is 122 Å². The Morgan fingerprint density at radius 1 is 0.650 bits per heavy atom. The molecule has 3 rings (SSSR count). The topological polar surface area (TPSA) is 274 Å². The van der Waals surface area contributed by atoms with E-state index in [1.807, 2.05) is 6.07 Å². The van der Waals surface area contributed by atoms with E-state index in [0.29, 0.717) is 19.3 Å². The van der Waals surface area contributed by atoms with Crippen LogP contribution in [0, 0.1) is 11.3 Å². The molecule has 2 fully saturated rings. The van der Waals surface area contributed by atoms with Crippen molar-refractivity contribution in [2.45, 2.75) is 129 Å². The molecule has 2 aliphatic heterocycles. The molecule has 1 aromatic rings. The second-order valence-electron chi connectivity index (χ2n) is 13.3. The van der Waals surface area contributed by atoms with Crippen LogP contribution in [0.4, 0.5) is 0 Å². The van der Waals surface area contributed by atoms with Gasteiger partial charge >= 0.3 is 41.8 Å². The van der Waals surface area contributed by atoms with Gasteiger partial charge in [-0.25, -0.2) is 0 Å². The average molecular weight is 871 g/mol. The summed E-state index contributed by atoms with van der Waals surface area (Å²) >= 11 is 6.40. The van der Waals surface area contributed by atoms with Gasteiger partial charge in [0.25, 0.3) is 5.91 Å². The Hall–Kier alpha value is -5.56. The molecule has 0 spiro atoms. The van der Waals surface area contributed by atoms with Gasteiger partial charge in [-0.3, -0.25) is 38.4 Å². The lowest BCUT2D eigenvalue weighted by Crippen LogP contribution is -2.68. The molecule has 0 unspecified atom stereocenters. The summed E-state index contributed by atoms with van der Waals surface area (Å²) in [6, 6.07) is 6.15. The molecule has 22 heteroatoms. The molecule has 0 radical (unpaired) electrons. The van der Waals surface area contributed by atoms with E-state index in [-0.39, 0.29) is 22.9 Å². The fourth-order valence-electron chi connectivity index (χ4n) is 6.09. The van der Waals surface area contributed by atoms with Crippen molar-refractivity contribution < 1.29 is 90.5 Å². The van der Waals surface area contributed by atoms with Crippen molar-refractivity contribution in [2.75, 3.05) is 19.8 Å². The van der Waals surface area contributed by atoms with E-state index >= 15 is 0 Å². The molecular formula is C38H47ClN2O19. The molecule has 0 bridgehead atoms. The Morgan fingerprint density at radius 3 is 1.67 bits per heavy atom. The van der Waals surface area contributed by atoms with Crippen LogP contribution in [0.15, 0.2) is 18.2 Å². The Kier molecular flexibility index (Phi) is 18.9. The fourth-order valence-corrected chi connectivity index (χ4v) is 6.32. The molecule has 1 amide bonds. The Balaban J connectivity index is 2.10. The van der Waals surface area contributed by atoms with Crippen LogP contribution in [-0.4, -0.2) is 129 Å². The number of unbranched alkanes of at least 4 members (excludes halogenated alkanes) is 2. The second kappa shape index (κ2) is 23.3. The lowest BCUT2D eigenvalue weighted by molar-refractivity contribution is -0.345. The summed E-state index contributed by atoms with van der Waals surface area (Å²) in [5.74, 6) is -6.84. The standard InChI is InChI=1S/C38H47ClN2O19/c1-18(42)51-16-28-31(60-38-35(57-24(7)48)33(55-22(5)46)30(53-20(3)44)29(59-38)17-52-19(2)43)32(54-21(4)45)34(56-23(6)47)37(58-28)41-36(49)25-11-12-27(26(39)15-25)50-14-10-8-9-13-40/h11-12,15,28-35,37-38H,8-10,14,16-17H2,1-7H3,(H,41,49)/t28-,29-,30-,31-,32+,33+,34-,35-,37+,38-/m1/s1. The summed E-state index contributed by atoms with van der Waals surface area (Å²) < 4.78 is 62.1. The first-order chi connectivity index (χ1) is 28.3. The van der Waals surface area contributed by atoms with Crippen molar-refractivity contribution in [1.82, 2.24) is 5.32 Å². The molecular weight excluding hydrogens is 824 g/mol. The quantitative estimate of drug-likeness (QED) is 0.125. The Bertz CT molecular complexity index is 1780. The molecule has 330 valence electrons. The summed E-state index contributed by atoms with van der Waals surface area (Å²) in [4.78, 5) is 100. The summed E-state index contributed by atoms with van der Waals surface area (Å²) in [6.45, 7) is 6.21. The summed E-state index contributed by atoms with van der Waals surface area (Å²) in [5, 5.41) is 11.4. The highest BCUT2D eigenvalue weighted by molar-refractivity contribution is 6.32. The van der Waals surface area contributed by atoms with Gasteiger partial charge in [-0.2, -0.15) is 5.26 Å². The van der Waals surface area contributed by atoms with Crippen LogP contribution in [0.25, 0.3) is 0 Å². The molecule has 21 nitrogen and oxygen atoms in total. The zero-order valence-corrected chi connectivity index (χ0v) is 34.6. The summed E-state index contributed by atoms with van der Waals surface area (Å²) in [5.41, 5.74) is -0.0153. The third-order valence-electron chi connectivity index (χ3n) is 8.34. The normalized spacial score (nSPS) is 25.9. The van der Waals surface area contributed by atoms with Gasteiger partial charge in [0.15, 0.2) is 43.0 Å². The highest BCUT2D eigenvalue weighted by Crippen LogP contribution is 2.35. The highest BCUT2D eigenvalue weighted by Gasteiger charge is 2.57. The molecule has 0 saturated carbocycles. The van der Waals surface area contributed by atoms with E-state index in [1.54, 1.807) is 0 Å². The third-order valence-corrected chi connectivity index (χ3v) is 8.63. The number of hydrogen-bond donors (Lipinski definition) is 1. The minimum Gasteiger partial charge on any atom is -0.492 e. The number of amides is 1. The number of ether oxygens (including phenoxy) is 11. The van der Waals surface area contributed by atoms with Crippen molar-refractivity contribution in [3.63, 3.8) is 0 Å². The lowest BCUT2D eigenvalue weighted by atomic mass is 9.95. The fraction of sp³-hybridized carbons (Fsp3) is 0.605. The largest absolute Gasteiger partial charge is 0.492 e. The first-order valence-electron chi connectivity index (χ1n) is 18.5. The highest BCUT2D eigenvalue weighted by atomic mass is 35.5. The maximum atomic E-state index is 13.7. The molecule has 1 aromatic carbocycles. The minimum atomic E-state index is -1.88. The SMILES string of the molecule is CC(=O)OC[C@H]1O[C@H](NC(=O)c2ccc(OCCCCC#N)c(Cl)c2)[C@H](OC(C)=O)[C@@H](OC(C)=O)[C@@H]1O[C@H]1O[C@H](COC(C)=O)[C@@H](OC(C)=O)[C@H](OC(C)=O)[C@H]1OC(C)=O. The van der Waals surface area contributed by atoms with E-state index in [4.69, 9.17) is 69.0 Å². The van der Waals surface area contributed by atoms with Crippen LogP contribution in [0.1, 0.15) is 78.1 Å². The molecule has 0 aliphatic carbocycles. The van der Waals surface area contributed by atoms with Crippen LogP contribution in [0.3, 0.4) is 0 Å². The number of carbonyl (C=O) groups is 8. The third kappa shape index (κ3) is 14.9. The van der Waals surface area contributed by atoms with Crippen LogP contribution in [-0.2, 0) is 80.9 Å². The van der Waals surface area contributed by atoms with Crippen LogP contribution in [0.5, 0.6) is 5.75 Å². The van der Waals surface area contributed by atoms with Gasteiger partial charge in [-0.05, 0) is 31.0 Å². The number of nitriles is 1. The van der Waals surface area contributed by atoms with Crippen molar-refractivity contribution in [2.24, 2.45) is 0 Å². The first-order valence-corrected chi connectivity index (χ1v) is 18.9. The summed E-state index contributed by atoms with van der Waals surface area (Å²) in [6.07, 6.45) is -15.1. The maximum Gasteiger partial charge on any atom is 0.303 e. The minimum absolute atomic E-state index is 0.0153. The molecule has 2 aliphatic rings. The molecule has 2 saturated heterocycles. The predicted molar refractivity (Wildman–Crippen MR) is 197 cm³/mol. The molecule has 2 heterocycles. The molecule has 60 heavy (non-hydrogen) atoms. The average Bonchev–Trinajstić information content (AvgIpc) is 3.14. The monoisotopic (exact) mass is 870 g/mol. The van der Waals surface area contributed by atoms with Gasteiger partial charge < -0.3 is 57.4 Å². The number of nitrogens with one attached hydrogen (secondary N) is 1. The van der Waals surface area contributed by atoms with Gasteiger partial charge in [-0.15, -0.1) is 0 Å². The number of rotatable bonds is 18. The van der Waals surface area contributed by atoms with E-state index in [0.717, 1.165) is 48.5 Å². The van der Waals surface area contributed by atoms with E-state index in [2.05, 4.69) is 5.32 Å². The van der Waals surface area contributed by atoms with Crippen LogP contribution in [0.2, 0.25) is 5.02 Å². The van der Waals surface area contributed by atoms with E-state index in [9.17, 15) is 38.4 Å². The lowest BCUT2D eigenvalue weighted by Gasteiger charge is -2.48. The number of carbonyl (C=O) groups excluding carboxylic acids is 8. The Morgan fingerprint density at radius 2 is 1.15 bits per heavy atom. The number of hydrogen-bond acceptors (Lipinski definition) is 20. The smallest absolute Gasteiger partial charge is 0.303 e. The van der Waals surface area contributed by atoms with Crippen LogP contribution < -0.4 is 10.1 Å². The molecule has 1 N–H and O–H groups in total. The van der Waals surface area contributed by atoms with Gasteiger partial charge in [0.2, 0.25) is 0 Å². The van der Waals surface area contributed by atoms with Gasteiger partial charge in [0.05, 0.1) is 17.7 Å². The number of benzene rings is 1. The van der Waals surface area contributed by atoms with Crippen molar-refractivity contribution >= 4 is 59.3 Å². The van der Waals surface area contributed by atoms with Crippen molar-refractivity contribution in [1.29, 1.82) is 5.26 Å². The Labute approximate surface area is 349 Å². The number of esters is 7. The molecule has 10 atom stereocenters. The second-order valence-corrected chi connectivity index (χ2v) is 13.7. The summed E-state index contributed by atoms with van der Waals surface area (Å²) in [7, 11) is 0. The van der Waals surface area contributed by atoms with E-state index in [1.165, 1.54) is 18.2 Å². The van der Waals surface area contributed by atoms with Crippen LogP contribution >= 0.6 is 11.6 Å². The number of nitrogens with zero attached hydrogens (tertiary/aromatic N) is 1. The van der Waals surface area contributed by atoms with Crippen molar-refractivity contribution in [3.8, 4) is 11.8 Å². The van der Waals surface area contributed by atoms with Gasteiger partial charge in [-0.1, -0.05) is 11.6 Å². The molecule has 0 aromatic heterocycles. The first kappa shape index (κ1) is 48.8. The van der Waals surface area contributed by atoms with Crippen molar-refractivity contribution in [3.05, 3.63) is 28.8 Å². The van der Waals surface area contributed by atoms with Gasteiger partial charge in [0.1, 0.15) is 37.3 Å². The predicted octanol–water partition coefficient (Wildman–Crippen LogP) is 1.76. The zero-order chi connectivity index (χ0) is 44.7.